The minimum absolute atomic E-state index is 0.186. The van der Waals surface area contributed by atoms with E-state index in [-0.39, 0.29) is 5.75 Å². The molecule has 0 saturated heterocycles. The molecule has 2 aromatic rings. The summed E-state index contributed by atoms with van der Waals surface area (Å²) < 4.78 is 9.45. The van der Waals surface area contributed by atoms with Gasteiger partial charge in [-0.3, -0.25) is 0 Å². The zero-order valence-corrected chi connectivity index (χ0v) is 9.21. The number of aryl methyl sites for hydroxylation is 2. The second-order valence-electron chi connectivity index (χ2n) is 3.21. The molecule has 1 N–H and O–H groups in total. The van der Waals surface area contributed by atoms with Crippen molar-refractivity contribution in [3.63, 3.8) is 0 Å². The maximum atomic E-state index is 9.36. The second-order valence-corrected chi connectivity index (χ2v) is 3.93. The van der Waals surface area contributed by atoms with E-state index < -0.39 is 0 Å². The Bertz CT molecular complexity index is 462. The molecule has 0 radical (unpaired) electrons. The number of aromatic hydroxyl groups is 1. The number of hydrogen-bond acceptors (Lipinski definition) is 5. The summed E-state index contributed by atoms with van der Waals surface area (Å²) in [6.45, 7) is 3.69. The highest BCUT2D eigenvalue weighted by Crippen LogP contribution is 2.27. The normalized spacial score (nSPS) is 10.3. The first kappa shape index (κ1) is 9.92. The van der Waals surface area contributed by atoms with E-state index in [1.54, 1.807) is 19.1 Å². The Labute approximate surface area is 91.3 Å². The minimum atomic E-state index is 0.186. The molecule has 1 aromatic heterocycles. The monoisotopic (exact) mass is 222 g/mol. The molecule has 1 aromatic carbocycles. The largest absolute Gasteiger partial charge is 0.508 e. The van der Waals surface area contributed by atoms with Crippen LogP contribution in [0.5, 0.6) is 16.7 Å². The smallest absolute Gasteiger partial charge is 0.298 e. The predicted octanol–water partition coefficient (Wildman–Crippen LogP) is 2.65. The third kappa shape index (κ3) is 2.44. The van der Waals surface area contributed by atoms with Gasteiger partial charge in [-0.1, -0.05) is 0 Å². The van der Waals surface area contributed by atoms with Crippen molar-refractivity contribution in [3.8, 4) is 16.7 Å². The van der Waals surface area contributed by atoms with Crippen molar-refractivity contribution in [2.24, 2.45) is 0 Å². The van der Waals surface area contributed by atoms with Crippen LogP contribution in [0.1, 0.15) is 11.4 Å². The fourth-order valence-corrected chi connectivity index (χ4v) is 1.77. The van der Waals surface area contributed by atoms with Gasteiger partial charge < -0.3 is 9.84 Å². The summed E-state index contributed by atoms with van der Waals surface area (Å²) in [5, 5.41) is 9.85. The Hall–Kier alpha value is -1.62. The van der Waals surface area contributed by atoms with Crippen molar-refractivity contribution in [2.45, 2.75) is 13.8 Å². The fourth-order valence-electron chi connectivity index (χ4n) is 1.21. The molecular formula is C10H10N2O2S. The van der Waals surface area contributed by atoms with Gasteiger partial charge in [-0.2, -0.15) is 9.36 Å². The summed E-state index contributed by atoms with van der Waals surface area (Å²) in [6.07, 6.45) is 0. The molecule has 0 fully saturated rings. The quantitative estimate of drug-likeness (QED) is 0.848. The van der Waals surface area contributed by atoms with Crippen molar-refractivity contribution >= 4 is 11.5 Å². The molecule has 0 spiro atoms. The highest BCUT2D eigenvalue weighted by Gasteiger charge is 2.04. The third-order valence-electron chi connectivity index (χ3n) is 1.75. The zero-order chi connectivity index (χ0) is 10.8. The Kier molecular flexibility index (Phi) is 2.55. The first-order chi connectivity index (χ1) is 7.13. The van der Waals surface area contributed by atoms with E-state index in [2.05, 4.69) is 9.36 Å². The average molecular weight is 222 g/mol. The lowest BCUT2D eigenvalue weighted by atomic mass is 10.2. The molecule has 4 nitrogen and oxygen atoms in total. The van der Waals surface area contributed by atoms with Crippen LogP contribution in [-0.4, -0.2) is 14.5 Å². The van der Waals surface area contributed by atoms with Crippen molar-refractivity contribution in [2.75, 3.05) is 0 Å². The lowest BCUT2D eigenvalue weighted by molar-refractivity contribution is 0.452. The number of aromatic nitrogens is 2. The Morgan fingerprint density at radius 3 is 2.67 bits per heavy atom. The standard InChI is InChI=1S/C10H10N2O2S/c1-6-3-8(13)5-9(4-6)14-10-11-7(2)12-15-10/h3-5,13H,1-2H3. The fraction of sp³-hybridized carbons (Fsp3) is 0.200. The predicted molar refractivity (Wildman–Crippen MR) is 57.6 cm³/mol. The highest BCUT2D eigenvalue weighted by molar-refractivity contribution is 7.07. The van der Waals surface area contributed by atoms with E-state index in [1.807, 2.05) is 13.0 Å². The Morgan fingerprint density at radius 1 is 1.27 bits per heavy atom. The molecule has 0 saturated carbocycles. The van der Waals surface area contributed by atoms with Crippen LogP contribution in [0.3, 0.4) is 0 Å². The summed E-state index contributed by atoms with van der Waals surface area (Å²) in [5.74, 6) is 1.45. The number of hydrogen-bond donors (Lipinski definition) is 1. The summed E-state index contributed by atoms with van der Waals surface area (Å²) >= 11 is 1.19. The van der Waals surface area contributed by atoms with Gasteiger partial charge in [0.15, 0.2) is 0 Å². The van der Waals surface area contributed by atoms with Gasteiger partial charge in [0.05, 0.1) is 0 Å². The van der Waals surface area contributed by atoms with Crippen LogP contribution in [0.4, 0.5) is 0 Å². The summed E-state index contributed by atoms with van der Waals surface area (Å²) in [5.41, 5.74) is 0.936. The van der Waals surface area contributed by atoms with Crippen LogP contribution < -0.4 is 4.74 Å². The highest BCUT2D eigenvalue weighted by atomic mass is 32.1. The number of nitrogens with zero attached hydrogens (tertiary/aromatic N) is 2. The Morgan fingerprint density at radius 2 is 2.07 bits per heavy atom. The number of ether oxygens (including phenoxy) is 1. The first-order valence-corrected chi connectivity index (χ1v) is 5.19. The molecule has 1 heterocycles. The molecule has 0 aliphatic rings. The third-order valence-corrected chi connectivity index (χ3v) is 2.44. The van der Waals surface area contributed by atoms with Crippen molar-refractivity contribution in [1.29, 1.82) is 0 Å². The SMILES string of the molecule is Cc1cc(O)cc(Oc2nc(C)ns2)c1. The van der Waals surface area contributed by atoms with Crippen LogP contribution in [0, 0.1) is 13.8 Å². The molecule has 0 unspecified atom stereocenters. The molecule has 15 heavy (non-hydrogen) atoms. The van der Waals surface area contributed by atoms with Crippen molar-refractivity contribution < 1.29 is 9.84 Å². The van der Waals surface area contributed by atoms with E-state index in [4.69, 9.17) is 4.74 Å². The molecule has 78 valence electrons. The molecule has 0 amide bonds. The molecule has 5 heteroatoms. The number of phenols is 1. The van der Waals surface area contributed by atoms with Gasteiger partial charge in [-0.15, -0.1) is 0 Å². The van der Waals surface area contributed by atoms with E-state index in [1.165, 1.54) is 11.5 Å². The molecule has 0 bridgehead atoms. The van der Waals surface area contributed by atoms with Crippen LogP contribution in [0.15, 0.2) is 18.2 Å². The topological polar surface area (TPSA) is 55.2 Å². The number of benzene rings is 1. The molecule has 0 aliphatic heterocycles. The Balaban J connectivity index is 2.24. The van der Waals surface area contributed by atoms with Crippen LogP contribution in [0.25, 0.3) is 0 Å². The number of rotatable bonds is 2. The average Bonchev–Trinajstić information content (AvgIpc) is 2.49. The van der Waals surface area contributed by atoms with Gasteiger partial charge in [-0.25, -0.2) is 0 Å². The maximum absolute atomic E-state index is 9.36. The van der Waals surface area contributed by atoms with Crippen LogP contribution >= 0.6 is 11.5 Å². The lowest BCUT2D eigenvalue weighted by Gasteiger charge is -2.02. The van der Waals surface area contributed by atoms with Crippen LogP contribution in [-0.2, 0) is 0 Å². The van der Waals surface area contributed by atoms with E-state index in [0.717, 1.165) is 5.56 Å². The molecular weight excluding hydrogens is 212 g/mol. The summed E-state index contributed by atoms with van der Waals surface area (Å²) in [7, 11) is 0. The maximum Gasteiger partial charge on any atom is 0.298 e. The van der Waals surface area contributed by atoms with Gasteiger partial charge in [0, 0.05) is 17.6 Å². The van der Waals surface area contributed by atoms with E-state index in [0.29, 0.717) is 16.8 Å². The summed E-state index contributed by atoms with van der Waals surface area (Å²) in [4.78, 5) is 4.07. The van der Waals surface area contributed by atoms with Gasteiger partial charge in [0.1, 0.15) is 17.3 Å². The second kappa shape index (κ2) is 3.86. The van der Waals surface area contributed by atoms with Gasteiger partial charge >= 0.3 is 0 Å². The van der Waals surface area contributed by atoms with E-state index in [9.17, 15) is 5.11 Å². The summed E-state index contributed by atoms with van der Waals surface area (Å²) in [6, 6.07) is 5.04. The first-order valence-electron chi connectivity index (χ1n) is 4.42. The molecule has 0 atom stereocenters. The molecule has 0 aliphatic carbocycles. The van der Waals surface area contributed by atoms with E-state index >= 15 is 0 Å². The van der Waals surface area contributed by atoms with Crippen molar-refractivity contribution in [3.05, 3.63) is 29.6 Å². The molecule has 2 rings (SSSR count). The minimum Gasteiger partial charge on any atom is -0.508 e. The lowest BCUT2D eigenvalue weighted by Crippen LogP contribution is -1.84. The van der Waals surface area contributed by atoms with Gasteiger partial charge in [-0.05, 0) is 31.5 Å². The van der Waals surface area contributed by atoms with Gasteiger partial charge in [0.25, 0.3) is 5.19 Å². The van der Waals surface area contributed by atoms with Crippen LogP contribution in [0.2, 0.25) is 0 Å². The van der Waals surface area contributed by atoms with Gasteiger partial charge in [0.2, 0.25) is 0 Å². The number of phenolic OH excluding ortho intramolecular Hbond substituents is 1. The van der Waals surface area contributed by atoms with Crippen molar-refractivity contribution in [1.82, 2.24) is 9.36 Å². The zero-order valence-electron chi connectivity index (χ0n) is 8.39.